The van der Waals surface area contributed by atoms with Gasteiger partial charge in [0.15, 0.2) is 0 Å². The molecule has 0 radical (unpaired) electrons. The molecule has 0 fully saturated rings. The van der Waals surface area contributed by atoms with Gasteiger partial charge in [-0.05, 0) is 30.8 Å². The van der Waals surface area contributed by atoms with E-state index in [1.807, 2.05) is 12.1 Å². The zero-order chi connectivity index (χ0) is 23.4. The maximum Gasteiger partial charge on any atom is 0.314 e. The zero-order valence-corrected chi connectivity index (χ0v) is 18.3. The summed E-state index contributed by atoms with van der Waals surface area (Å²) in [7, 11) is 0. The molecular weight excluding hydrogens is 433 g/mol. The molecule has 172 valence electrons. The summed E-state index contributed by atoms with van der Waals surface area (Å²) in [5, 5.41) is 15.1. The lowest BCUT2D eigenvalue weighted by Gasteiger charge is -2.17. The first-order valence-corrected chi connectivity index (χ1v) is 10.6. The monoisotopic (exact) mass is 456 g/mol. The summed E-state index contributed by atoms with van der Waals surface area (Å²) in [4.78, 5) is 2.33. The summed E-state index contributed by atoms with van der Waals surface area (Å²) in [6, 6.07) is 12.4. The smallest absolute Gasteiger partial charge is 0.314 e. The summed E-state index contributed by atoms with van der Waals surface area (Å²) in [5.74, 6) is -1.50. The average Bonchev–Trinajstić information content (AvgIpc) is 3.49. The highest BCUT2D eigenvalue weighted by Crippen LogP contribution is 2.25. The van der Waals surface area contributed by atoms with Crippen LogP contribution in [0.15, 0.2) is 53.1 Å². The maximum atomic E-state index is 14.6. The summed E-state index contributed by atoms with van der Waals surface area (Å²) in [6.07, 6.45) is -1.13. The van der Waals surface area contributed by atoms with Gasteiger partial charge in [-0.15, -0.1) is 15.3 Å². The Labute approximate surface area is 188 Å². The number of aromatic nitrogens is 5. The highest BCUT2D eigenvalue weighted by molar-refractivity contribution is 5.58. The van der Waals surface area contributed by atoms with Gasteiger partial charge in [0.25, 0.3) is 5.89 Å². The van der Waals surface area contributed by atoms with E-state index in [9.17, 15) is 13.2 Å². The second-order valence-electron chi connectivity index (χ2n) is 7.51. The molecule has 2 aromatic heterocycles. The van der Waals surface area contributed by atoms with Gasteiger partial charge in [-0.25, -0.2) is 9.07 Å². The lowest BCUT2D eigenvalue weighted by atomic mass is 10.1. The van der Waals surface area contributed by atoms with Crippen LogP contribution in [-0.4, -0.2) is 43.2 Å². The Morgan fingerprint density at radius 1 is 0.970 bits per heavy atom. The SMILES string of the molecule is CCN(CC)Cc1ccc(-c2cn(Cc3ccc(-c4nnc(C(F)F)o4)cc3F)nn2)cc1. The first-order valence-electron chi connectivity index (χ1n) is 10.6. The van der Waals surface area contributed by atoms with Crippen LogP contribution in [0.2, 0.25) is 0 Å². The van der Waals surface area contributed by atoms with Gasteiger partial charge in [-0.1, -0.05) is 49.4 Å². The quantitative estimate of drug-likeness (QED) is 0.354. The summed E-state index contributed by atoms with van der Waals surface area (Å²) in [5.41, 5.74) is 3.41. The molecule has 0 unspecified atom stereocenters. The number of alkyl halides is 2. The summed E-state index contributed by atoms with van der Waals surface area (Å²) >= 11 is 0. The van der Waals surface area contributed by atoms with Crippen LogP contribution in [-0.2, 0) is 13.1 Å². The van der Waals surface area contributed by atoms with Crippen molar-refractivity contribution >= 4 is 0 Å². The van der Waals surface area contributed by atoms with Crippen molar-refractivity contribution in [3.8, 4) is 22.7 Å². The standard InChI is InChI=1S/C23H23F3N6O/c1-3-31(4-2)12-15-5-7-16(8-6-15)20-14-32(30-27-20)13-18-10-9-17(11-19(18)24)22-28-29-23(33-22)21(25)26/h5-11,14,21H,3-4,12-13H2,1-2H3. The van der Waals surface area contributed by atoms with Crippen molar-refractivity contribution in [2.24, 2.45) is 0 Å². The second-order valence-corrected chi connectivity index (χ2v) is 7.51. The van der Waals surface area contributed by atoms with E-state index in [4.69, 9.17) is 4.42 Å². The number of halogens is 3. The molecule has 10 heteroatoms. The maximum absolute atomic E-state index is 14.6. The van der Waals surface area contributed by atoms with Gasteiger partial charge in [-0.2, -0.15) is 8.78 Å². The van der Waals surface area contributed by atoms with Crippen molar-refractivity contribution in [3.05, 3.63) is 71.5 Å². The Morgan fingerprint density at radius 2 is 1.70 bits per heavy atom. The van der Waals surface area contributed by atoms with E-state index in [1.54, 1.807) is 10.9 Å². The van der Waals surface area contributed by atoms with Crippen molar-refractivity contribution in [2.45, 2.75) is 33.4 Å². The first kappa shape index (κ1) is 22.7. The molecule has 2 heterocycles. The molecule has 0 aliphatic rings. The van der Waals surface area contributed by atoms with Gasteiger partial charge in [0.05, 0.1) is 12.7 Å². The third kappa shape index (κ3) is 5.28. The van der Waals surface area contributed by atoms with E-state index in [0.717, 1.165) is 25.2 Å². The van der Waals surface area contributed by atoms with Crippen LogP contribution < -0.4 is 0 Å². The molecule has 0 atom stereocenters. The molecule has 0 aliphatic carbocycles. The van der Waals surface area contributed by atoms with E-state index < -0.39 is 18.1 Å². The fraction of sp³-hybridized carbons (Fsp3) is 0.304. The Hall–Kier alpha value is -3.53. The number of nitrogens with zero attached hydrogens (tertiary/aromatic N) is 6. The fourth-order valence-corrected chi connectivity index (χ4v) is 3.42. The number of hydrogen-bond donors (Lipinski definition) is 0. The second kappa shape index (κ2) is 9.95. The van der Waals surface area contributed by atoms with Crippen molar-refractivity contribution in [3.63, 3.8) is 0 Å². The van der Waals surface area contributed by atoms with Gasteiger partial charge in [0.2, 0.25) is 5.89 Å². The third-order valence-electron chi connectivity index (χ3n) is 5.35. The highest BCUT2D eigenvalue weighted by atomic mass is 19.3. The van der Waals surface area contributed by atoms with Crippen molar-refractivity contribution in [1.29, 1.82) is 0 Å². The molecular formula is C23H23F3N6O. The number of benzene rings is 2. The van der Waals surface area contributed by atoms with Crippen LogP contribution >= 0.6 is 0 Å². The van der Waals surface area contributed by atoms with Crippen LogP contribution in [0.3, 0.4) is 0 Å². The first-order chi connectivity index (χ1) is 16.0. The predicted molar refractivity (Wildman–Crippen MR) is 116 cm³/mol. The average molecular weight is 456 g/mol. The Bertz CT molecular complexity index is 1200. The molecule has 0 N–H and O–H groups in total. The lowest BCUT2D eigenvalue weighted by Crippen LogP contribution is -2.21. The predicted octanol–water partition coefficient (Wildman–Crippen LogP) is 4.96. The number of hydrogen-bond acceptors (Lipinski definition) is 6. The third-order valence-corrected chi connectivity index (χ3v) is 5.35. The minimum atomic E-state index is -2.88. The Kier molecular flexibility index (Phi) is 6.83. The number of rotatable bonds is 9. The van der Waals surface area contributed by atoms with Crippen LogP contribution in [0.5, 0.6) is 0 Å². The Balaban J connectivity index is 1.45. The minimum Gasteiger partial charge on any atom is -0.415 e. The van der Waals surface area contributed by atoms with E-state index in [2.05, 4.69) is 51.4 Å². The van der Waals surface area contributed by atoms with Crippen LogP contribution in [0.4, 0.5) is 13.2 Å². The molecule has 2 aromatic carbocycles. The normalized spacial score (nSPS) is 11.6. The highest BCUT2D eigenvalue weighted by Gasteiger charge is 2.18. The lowest BCUT2D eigenvalue weighted by molar-refractivity contribution is 0.116. The van der Waals surface area contributed by atoms with E-state index in [0.29, 0.717) is 11.3 Å². The van der Waals surface area contributed by atoms with Crippen molar-refractivity contribution in [1.82, 2.24) is 30.1 Å². The van der Waals surface area contributed by atoms with Crippen molar-refractivity contribution < 1.29 is 17.6 Å². The molecule has 4 rings (SSSR count). The molecule has 0 amide bonds. The topological polar surface area (TPSA) is 72.9 Å². The summed E-state index contributed by atoms with van der Waals surface area (Å²) in [6.45, 7) is 7.32. The van der Waals surface area contributed by atoms with Crippen LogP contribution in [0.1, 0.15) is 37.3 Å². The van der Waals surface area contributed by atoms with Gasteiger partial charge in [0, 0.05) is 23.2 Å². The van der Waals surface area contributed by atoms with Gasteiger partial charge in [-0.3, -0.25) is 4.90 Å². The molecule has 0 saturated heterocycles. The molecule has 4 aromatic rings. The molecule has 7 nitrogen and oxygen atoms in total. The fourth-order valence-electron chi connectivity index (χ4n) is 3.42. The molecule has 0 bridgehead atoms. The molecule has 33 heavy (non-hydrogen) atoms. The van der Waals surface area contributed by atoms with Crippen LogP contribution in [0, 0.1) is 5.82 Å². The Morgan fingerprint density at radius 3 is 2.33 bits per heavy atom. The van der Waals surface area contributed by atoms with Gasteiger partial charge in [0.1, 0.15) is 11.5 Å². The van der Waals surface area contributed by atoms with Crippen molar-refractivity contribution in [2.75, 3.05) is 13.1 Å². The largest absolute Gasteiger partial charge is 0.415 e. The van der Waals surface area contributed by atoms with Crippen LogP contribution in [0.25, 0.3) is 22.7 Å². The summed E-state index contributed by atoms with van der Waals surface area (Å²) < 4.78 is 46.3. The van der Waals surface area contributed by atoms with Gasteiger partial charge < -0.3 is 4.42 Å². The van der Waals surface area contributed by atoms with Gasteiger partial charge >= 0.3 is 6.43 Å². The minimum absolute atomic E-state index is 0.158. The van der Waals surface area contributed by atoms with E-state index >= 15 is 0 Å². The van der Waals surface area contributed by atoms with E-state index in [-0.39, 0.29) is 18.0 Å². The van der Waals surface area contributed by atoms with E-state index in [1.165, 1.54) is 23.8 Å². The molecule has 0 aliphatic heterocycles. The zero-order valence-electron chi connectivity index (χ0n) is 18.3. The molecule has 0 spiro atoms. The molecule has 0 saturated carbocycles.